The highest BCUT2D eigenvalue weighted by molar-refractivity contribution is 7.80. The van der Waals surface area contributed by atoms with Gasteiger partial charge in [0.05, 0.1) is 6.61 Å². The fraction of sp³-hybridized carbons (Fsp3) is 0.286. The van der Waals surface area contributed by atoms with Crippen molar-refractivity contribution < 1.29 is 10.0 Å². The van der Waals surface area contributed by atoms with Gasteiger partial charge in [0.2, 0.25) is 5.84 Å². The van der Waals surface area contributed by atoms with Crippen molar-refractivity contribution in [3.63, 3.8) is 0 Å². The molecule has 0 atom stereocenters. The predicted octanol–water partition coefficient (Wildman–Crippen LogP) is -1.76. The van der Waals surface area contributed by atoms with Crippen molar-refractivity contribution in [1.29, 1.82) is 0 Å². The Labute approximate surface area is 106 Å². The summed E-state index contributed by atoms with van der Waals surface area (Å²) in [5.41, 5.74) is 13.0. The number of aromatic nitrogens is 2. The van der Waals surface area contributed by atoms with Crippen molar-refractivity contribution in [2.75, 3.05) is 6.61 Å². The Morgan fingerprint density at radius 2 is 2.39 bits per heavy atom. The highest BCUT2D eigenvalue weighted by Crippen LogP contribution is 2.13. The van der Waals surface area contributed by atoms with Crippen LogP contribution >= 0.6 is 12.2 Å². The van der Waals surface area contributed by atoms with E-state index >= 15 is 0 Å². The third kappa shape index (κ3) is 3.11. The van der Waals surface area contributed by atoms with Crippen molar-refractivity contribution >= 4 is 29.0 Å². The zero-order valence-corrected chi connectivity index (χ0v) is 9.92. The number of nitrogens with two attached hydrogens (primary N) is 2. The molecule has 0 unspecified atom stereocenters. The lowest BCUT2D eigenvalue weighted by molar-refractivity contribution is -0.392. The third-order valence-electron chi connectivity index (χ3n) is 1.86. The number of imidazole rings is 1. The largest absolute Gasteiger partial charge is 0.392 e. The number of hydrazone groups is 1. The predicted molar refractivity (Wildman–Crippen MR) is 66.6 cm³/mol. The van der Waals surface area contributed by atoms with E-state index in [1.165, 1.54) is 0 Å². The van der Waals surface area contributed by atoms with Gasteiger partial charge in [-0.3, -0.25) is 5.43 Å². The summed E-state index contributed by atoms with van der Waals surface area (Å²) in [6.45, 7) is -0.338. The Kier molecular flexibility index (Phi) is 4.51. The van der Waals surface area contributed by atoms with Gasteiger partial charge in [0.15, 0.2) is 5.11 Å². The fourth-order valence-electron chi connectivity index (χ4n) is 1.20. The van der Waals surface area contributed by atoms with Crippen molar-refractivity contribution in [3.05, 3.63) is 22.1 Å². The number of nitrogens with zero attached hydrogens (tertiary/aromatic N) is 4. The number of thiocarbonyl (C=S) groups is 1. The molecule has 0 aliphatic rings. The van der Waals surface area contributed by atoms with E-state index in [0.717, 1.165) is 10.8 Å². The van der Waals surface area contributed by atoms with Gasteiger partial charge in [-0.25, -0.2) is 9.55 Å². The Morgan fingerprint density at radius 1 is 1.72 bits per heavy atom. The van der Waals surface area contributed by atoms with Gasteiger partial charge in [-0.2, -0.15) is 0 Å². The number of rotatable bonds is 5. The minimum atomic E-state index is -0.638. The summed E-state index contributed by atoms with van der Waals surface area (Å²) in [4.78, 5) is 13.9. The number of amidine groups is 1. The standard InChI is InChI=1S/C7H11N7O3S/c8-5(11-12-7(9)18)6-10-3-4(14(16)17)13(6)1-2-15/h3,15H,1-2H2,(H2,8,11)(H3,9,12,18). The Hall–Kier alpha value is -2.27. The molecule has 0 aliphatic heterocycles. The smallest absolute Gasteiger partial charge is 0.343 e. The zero-order valence-electron chi connectivity index (χ0n) is 9.11. The summed E-state index contributed by atoms with van der Waals surface area (Å²) < 4.78 is 1.13. The van der Waals surface area contributed by atoms with Crippen LogP contribution in [-0.4, -0.2) is 37.1 Å². The van der Waals surface area contributed by atoms with Gasteiger partial charge in [0.1, 0.15) is 12.7 Å². The fourth-order valence-corrected chi connectivity index (χ4v) is 1.25. The third-order valence-corrected chi connectivity index (χ3v) is 1.95. The lowest BCUT2D eigenvalue weighted by Gasteiger charge is -2.02. The van der Waals surface area contributed by atoms with Gasteiger partial charge in [-0.1, -0.05) is 0 Å². The molecule has 0 saturated carbocycles. The summed E-state index contributed by atoms with van der Waals surface area (Å²) in [5, 5.41) is 23.1. The van der Waals surface area contributed by atoms with Crippen LogP contribution < -0.4 is 16.9 Å². The van der Waals surface area contributed by atoms with Gasteiger partial charge in [-0.05, 0) is 17.1 Å². The molecule has 10 nitrogen and oxygen atoms in total. The van der Waals surface area contributed by atoms with Crippen molar-refractivity contribution in [3.8, 4) is 0 Å². The summed E-state index contributed by atoms with van der Waals surface area (Å²) in [6.07, 6.45) is 1.02. The molecule has 0 aromatic carbocycles. The van der Waals surface area contributed by atoms with Crippen molar-refractivity contribution in [1.82, 2.24) is 15.0 Å². The number of nitro groups is 1. The molecule has 1 heterocycles. The minimum absolute atomic E-state index is 0.0328. The topological polar surface area (TPSA) is 158 Å². The first-order valence-electron chi connectivity index (χ1n) is 4.67. The Balaban J connectivity index is 3.11. The van der Waals surface area contributed by atoms with E-state index in [1.54, 1.807) is 0 Å². The molecule has 0 bridgehead atoms. The molecule has 0 saturated heterocycles. The molecular formula is C7H11N7O3S. The molecule has 1 aromatic heterocycles. The Bertz CT molecular complexity index is 497. The second-order valence-electron chi connectivity index (χ2n) is 3.05. The average molecular weight is 273 g/mol. The van der Waals surface area contributed by atoms with Crippen LogP contribution in [0.5, 0.6) is 0 Å². The first-order valence-corrected chi connectivity index (χ1v) is 5.08. The highest BCUT2D eigenvalue weighted by Gasteiger charge is 2.22. The molecule has 6 N–H and O–H groups in total. The first kappa shape index (κ1) is 13.8. The van der Waals surface area contributed by atoms with Gasteiger partial charge >= 0.3 is 5.82 Å². The van der Waals surface area contributed by atoms with Crippen molar-refractivity contribution in [2.45, 2.75) is 6.54 Å². The minimum Gasteiger partial charge on any atom is -0.392 e. The normalized spacial score (nSPS) is 11.3. The van der Waals surface area contributed by atoms with Crippen LogP contribution in [0, 0.1) is 10.1 Å². The van der Waals surface area contributed by atoms with Gasteiger partial charge in [0, 0.05) is 0 Å². The maximum Gasteiger partial charge on any atom is 0.343 e. The lowest BCUT2D eigenvalue weighted by atomic mass is 10.5. The Morgan fingerprint density at radius 3 is 2.89 bits per heavy atom. The number of hydrogen-bond donors (Lipinski definition) is 4. The zero-order chi connectivity index (χ0) is 13.7. The molecule has 0 fully saturated rings. The lowest BCUT2D eigenvalue weighted by Crippen LogP contribution is -2.29. The second kappa shape index (κ2) is 5.88. The van der Waals surface area contributed by atoms with Crippen LogP contribution in [0.25, 0.3) is 0 Å². The average Bonchev–Trinajstić information content (AvgIpc) is 2.70. The second-order valence-corrected chi connectivity index (χ2v) is 3.49. The molecule has 0 aliphatic carbocycles. The molecule has 11 heteroatoms. The summed E-state index contributed by atoms with van der Waals surface area (Å²) >= 11 is 4.52. The molecule has 1 rings (SSSR count). The maximum atomic E-state index is 10.7. The van der Waals surface area contributed by atoms with Gasteiger partial charge in [0.25, 0.3) is 5.82 Å². The van der Waals surface area contributed by atoms with Crippen LogP contribution in [0.2, 0.25) is 0 Å². The number of aliphatic hydroxyl groups is 1. The van der Waals surface area contributed by atoms with E-state index in [4.69, 9.17) is 16.6 Å². The van der Waals surface area contributed by atoms with Crippen LogP contribution in [0.15, 0.2) is 11.3 Å². The van der Waals surface area contributed by atoms with E-state index in [2.05, 4.69) is 27.7 Å². The molecule has 98 valence electrons. The molecule has 0 amide bonds. The highest BCUT2D eigenvalue weighted by atomic mass is 32.1. The quantitative estimate of drug-likeness (QED) is 0.161. The van der Waals surface area contributed by atoms with E-state index in [1.807, 2.05) is 0 Å². The van der Waals surface area contributed by atoms with Crippen LogP contribution in [0.4, 0.5) is 5.82 Å². The molecule has 0 radical (unpaired) electrons. The van der Waals surface area contributed by atoms with E-state index in [0.29, 0.717) is 0 Å². The number of hydrogen-bond acceptors (Lipinski definition) is 6. The summed E-state index contributed by atoms with van der Waals surface area (Å²) in [7, 11) is 0. The van der Waals surface area contributed by atoms with Gasteiger partial charge < -0.3 is 26.7 Å². The number of aliphatic hydroxyl groups excluding tert-OH is 1. The van der Waals surface area contributed by atoms with E-state index in [-0.39, 0.29) is 35.7 Å². The SMILES string of the molecule is NC(=S)N/N=C(/N)c1ncc([N+](=O)[O-])n1CCO. The van der Waals surface area contributed by atoms with Crippen LogP contribution in [0.3, 0.4) is 0 Å². The number of nitrogens with one attached hydrogen (secondary N) is 1. The first-order chi connectivity index (χ1) is 8.47. The molecular weight excluding hydrogens is 262 g/mol. The molecule has 18 heavy (non-hydrogen) atoms. The molecule has 0 spiro atoms. The molecule has 1 aromatic rings. The summed E-state index contributed by atoms with van der Waals surface area (Å²) in [6, 6.07) is 0. The van der Waals surface area contributed by atoms with Crippen LogP contribution in [-0.2, 0) is 6.54 Å². The van der Waals surface area contributed by atoms with Crippen molar-refractivity contribution in [2.24, 2.45) is 16.6 Å². The van der Waals surface area contributed by atoms with E-state index < -0.39 is 4.92 Å². The van der Waals surface area contributed by atoms with Crippen LogP contribution in [0.1, 0.15) is 5.82 Å². The van der Waals surface area contributed by atoms with E-state index in [9.17, 15) is 10.1 Å². The monoisotopic (exact) mass is 273 g/mol. The van der Waals surface area contributed by atoms with Gasteiger partial charge in [-0.15, -0.1) is 5.10 Å². The maximum absolute atomic E-state index is 10.7. The summed E-state index contributed by atoms with van der Waals surface area (Å²) in [5.74, 6) is -0.392.